The molecule has 0 amide bonds. The summed E-state index contributed by atoms with van der Waals surface area (Å²) in [7, 11) is -3.25. The summed E-state index contributed by atoms with van der Waals surface area (Å²) >= 11 is 5.47. The summed E-state index contributed by atoms with van der Waals surface area (Å²) in [4.78, 5) is 21.6. The van der Waals surface area contributed by atoms with Crippen LogP contribution in [0.5, 0.6) is 0 Å². The molecule has 0 spiro atoms. The zero-order chi connectivity index (χ0) is 16.2. The Morgan fingerprint density at radius 2 is 2.10 bits per heavy atom. The molecular weight excluding hydrogens is 329 g/mol. The smallest absolute Gasteiger partial charge is 0.322 e. The Bertz CT molecular complexity index is 663. The van der Waals surface area contributed by atoms with Gasteiger partial charge < -0.3 is 9.84 Å². The fourth-order valence-electron chi connectivity index (χ4n) is 1.33. The normalized spacial score (nSPS) is 12.7. The number of carboxylic acid groups (broad SMARTS) is 1. The van der Waals surface area contributed by atoms with E-state index in [-0.39, 0.29) is 0 Å². The molecule has 0 radical (unpaired) electrons. The molecular formula is C11H11ClFNO6S. The zero-order valence-corrected chi connectivity index (χ0v) is 12.2. The third kappa shape index (κ3) is 4.66. The van der Waals surface area contributed by atoms with Crippen molar-refractivity contribution < 1.29 is 32.2 Å². The van der Waals surface area contributed by atoms with Gasteiger partial charge in [0.25, 0.3) is 0 Å². The molecule has 1 aromatic carbocycles. The maximum Gasteiger partial charge on any atom is 0.322 e. The van der Waals surface area contributed by atoms with Crippen LogP contribution < -0.4 is 4.72 Å². The standard InChI is InChI=1S/C11H11ClFNO6S/c1-20-10(15)5-9(11(16)17)14-21(18,19)6-2-3-8(13)7(12)4-6/h2-4,9,14H,5H2,1H3,(H,16,17)/t9-/m0/s1. The fraction of sp³-hybridized carbons (Fsp3) is 0.273. The van der Waals surface area contributed by atoms with Crippen LogP contribution in [0.2, 0.25) is 5.02 Å². The first-order valence-corrected chi connectivity index (χ1v) is 7.30. The molecule has 0 heterocycles. The number of hydrogen-bond donors (Lipinski definition) is 2. The number of aliphatic carboxylic acids is 1. The van der Waals surface area contributed by atoms with Crippen LogP contribution in [0.15, 0.2) is 23.1 Å². The van der Waals surface area contributed by atoms with Crippen molar-refractivity contribution in [1.82, 2.24) is 4.72 Å². The highest BCUT2D eigenvalue weighted by atomic mass is 35.5. The molecule has 1 rings (SSSR count). The largest absolute Gasteiger partial charge is 0.480 e. The Labute approximate surface area is 124 Å². The van der Waals surface area contributed by atoms with Crippen molar-refractivity contribution in [2.45, 2.75) is 17.4 Å². The molecule has 7 nitrogen and oxygen atoms in total. The van der Waals surface area contributed by atoms with Gasteiger partial charge in [0.15, 0.2) is 0 Å². The zero-order valence-electron chi connectivity index (χ0n) is 10.7. The number of sulfonamides is 1. The van der Waals surface area contributed by atoms with E-state index in [2.05, 4.69) is 4.74 Å². The number of carbonyl (C=O) groups excluding carboxylic acids is 1. The number of carboxylic acids is 1. The first-order valence-electron chi connectivity index (χ1n) is 5.44. The SMILES string of the molecule is COC(=O)C[C@H](NS(=O)(=O)c1ccc(F)c(Cl)c1)C(=O)O. The van der Waals surface area contributed by atoms with Gasteiger partial charge in [-0.2, -0.15) is 4.72 Å². The average molecular weight is 340 g/mol. The van der Waals surface area contributed by atoms with Gasteiger partial charge in [-0.3, -0.25) is 9.59 Å². The van der Waals surface area contributed by atoms with Crippen molar-refractivity contribution in [3.63, 3.8) is 0 Å². The molecule has 0 aliphatic rings. The third-order valence-corrected chi connectivity index (χ3v) is 4.15. The van der Waals surface area contributed by atoms with Crippen molar-refractivity contribution in [3.8, 4) is 0 Å². The second kappa shape index (κ2) is 6.83. The van der Waals surface area contributed by atoms with Crippen LogP contribution in [0.4, 0.5) is 4.39 Å². The van der Waals surface area contributed by atoms with Crippen molar-refractivity contribution in [2.24, 2.45) is 0 Å². The van der Waals surface area contributed by atoms with Crippen molar-refractivity contribution in [1.29, 1.82) is 0 Å². The van der Waals surface area contributed by atoms with Gasteiger partial charge in [-0.15, -0.1) is 0 Å². The third-order valence-electron chi connectivity index (χ3n) is 2.40. The van der Waals surface area contributed by atoms with E-state index in [4.69, 9.17) is 16.7 Å². The molecule has 0 saturated carbocycles. The molecule has 1 aromatic rings. The molecule has 2 N–H and O–H groups in total. The van der Waals surface area contributed by atoms with Crippen LogP contribution in [0.25, 0.3) is 0 Å². The van der Waals surface area contributed by atoms with Crippen molar-refractivity contribution >= 4 is 33.6 Å². The summed E-state index contributed by atoms with van der Waals surface area (Å²) in [6.45, 7) is 0. The first-order chi connectivity index (χ1) is 9.67. The van der Waals surface area contributed by atoms with E-state index < -0.39 is 50.2 Å². The maximum absolute atomic E-state index is 13.0. The predicted octanol–water partition coefficient (Wildman–Crippen LogP) is 0.774. The lowest BCUT2D eigenvalue weighted by Crippen LogP contribution is -2.42. The lowest BCUT2D eigenvalue weighted by Gasteiger charge is -2.14. The predicted molar refractivity (Wildman–Crippen MR) is 69.8 cm³/mol. The number of methoxy groups -OCH3 is 1. The Balaban J connectivity index is 3.03. The minimum atomic E-state index is -4.29. The highest BCUT2D eigenvalue weighted by Gasteiger charge is 2.28. The number of esters is 1. The van der Waals surface area contributed by atoms with Gasteiger partial charge in [-0.25, -0.2) is 12.8 Å². The summed E-state index contributed by atoms with van der Waals surface area (Å²) in [5, 5.41) is 8.47. The van der Waals surface area contributed by atoms with E-state index in [0.717, 1.165) is 25.3 Å². The van der Waals surface area contributed by atoms with Crippen molar-refractivity contribution in [2.75, 3.05) is 7.11 Å². The molecule has 0 aliphatic carbocycles. The fourth-order valence-corrected chi connectivity index (χ4v) is 2.79. The molecule has 0 aliphatic heterocycles. The summed E-state index contributed by atoms with van der Waals surface area (Å²) in [6, 6.07) is 0.857. The van der Waals surface area contributed by atoms with E-state index in [1.54, 1.807) is 0 Å². The molecule has 0 fully saturated rings. The first kappa shape index (κ1) is 17.3. The number of hydrogen-bond acceptors (Lipinski definition) is 5. The monoisotopic (exact) mass is 339 g/mol. The molecule has 10 heteroatoms. The van der Waals surface area contributed by atoms with E-state index in [0.29, 0.717) is 0 Å². The number of ether oxygens (including phenoxy) is 1. The van der Waals surface area contributed by atoms with E-state index >= 15 is 0 Å². The lowest BCUT2D eigenvalue weighted by molar-refractivity contribution is -0.147. The van der Waals surface area contributed by atoms with E-state index in [9.17, 15) is 22.4 Å². The summed E-state index contributed by atoms with van der Waals surface area (Å²) in [6.07, 6.45) is -0.694. The molecule has 21 heavy (non-hydrogen) atoms. The summed E-state index contributed by atoms with van der Waals surface area (Å²) in [5.74, 6) is -3.28. The van der Waals surface area contributed by atoms with Crippen LogP contribution in [0.1, 0.15) is 6.42 Å². The minimum absolute atomic E-state index is 0.426. The van der Waals surface area contributed by atoms with Gasteiger partial charge >= 0.3 is 11.9 Å². The second-order valence-corrected chi connectivity index (χ2v) is 5.99. The van der Waals surface area contributed by atoms with Gasteiger partial charge in [-0.05, 0) is 18.2 Å². The van der Waals surface area contributed by atoms with E-state index in [1.165, 1.54) is 0 Å². The summed E-state index contributed by atoms with van der Waals surface area (Å²) in [5.41, 5.74) is 0. The van der Waals surface area contributed by atoms with Crippen LogP contribution in [0.3, 0.4) is 0 Å². The van der Waals surface area contributed by atoms with Gasteiger partial charge in [0.05, 0.1) is 23.4 Å². The van der Waals surface area contributed by atoms with Crippen LogP contribution in [-0.2, 0) is 24.3 Å². The number of rotatable bonds is 6. The highest BCUT2D eigenvalue weighted by Crippen LogP contribution is 2.19. The van der Waals surface area contributed by atoms with Crippen LogP contribution >= 0.6 is 11.6 Å². The molecule has 0 unspecified atom stereocenters. The average Bonchev–Trinajstić information content (AvgIpc) is 2.40. The molecule has 116 valence electrons. The Morgan fingerprint density at radius 1 is 1.48 bits per heavy atom. The molecule has 0 saturated heterocycles. The Morgan fingerprint density at radius 3 is 2.57 bits per heavy atom. The molecule has 0 aromatic heterocycles. The highest BCUT2D eigenvalue weighted by molar-refractivity contribution is 7.89. The quantitative estimate of drug-likeness (QED) is 0.741. The number of nitrogens with one attached hydrogen (secondary N) is 1. The van der Waals surface area contributed by atoms with Gasteiger partial charge in [-0.1, -0.05) is 11.6 Å². The topological polar surface area (TPSA) is 110 Å². The minimum Gasteiger partial charge on any atom is -0.480 e. The number of benzene rings is 1. The van der Waals surface area contributed by atoms with Gasteiger partial charge in [0, 0.05) is 0 Å². The van der Waals surface area contributed by atoms with E-state index in [1.807, 2.05) is 4.72 Å². The Hall–Kier alpha value is -1.71. The Kier molecular flexibility index (Phi) is 5.64. The van der Waals surface area contributed by atoms with Crippen molar-refractivity contribution in [3.05, 3.63) is 29.0 Å². The van der Waals surface area contributed by atoms with Crippen LogP contribution in [-0.4, -0.2) is 38.6 Å². The van der Waals surface area contributed by atoms with Gasteiger partial charge in [0.2, 0.25) is 10.0 Å². The second-order valence-electron chi connectivity index (χ2n) is 3.87. The molecule has 1 atom stereocenters. The molecule has 0 bridgehead atoms. The van der Waals surface area contributed by atoms with Gasteiger partial charge in [0.1, 0.15) is 11.9 Å². The number of carbonyl (C=O) groups is 2. The maximum atomic E-state index is 13.0. The lowest BCUT2D eigenvalue weighted by atomic mass is 10.2. The van der Waals surface area contributed by atoms with Crippen LogP contribution in [0, 0.1) is 5.82 Å². The summed E-state index contributed by atoms with van der Waals surface area (Å²) < 4.78 is 43.0. The number of halogens is 2.